The first-order valence-corrected chi connectivity index (χ1v) is 11.6. The fourth-order valence-corrected chi connectivity index (χ4v) is 4.92. The highest BCUT2D eigenvalue weighted by molar-refractivity contribution is 5.95. The average molecular weight is 440 g/mol. The zero-order chi connectivity index (χ0) is 22.8. The van der Waals surface area contributed by atoms with Gasteiger partial charge in [0, 0.05) is 24.8 Å². The van der Waals surface area contributed by atoms with Crippen molar-refractivity contribution in [1.29, 1.82) is 0 Å². The van der Waals surface area contributed by atoms with Crippen molar-refractivity contribution in [3.05, 3.63) is 94.6 Å². The number of nitrogens with one attached hydrogen (secondary N) is 1. The van der Waals surface area contributed by atoms with Gasteiger partial charge in [-0.25, -0.2) is 4.98 Å². The van der Waals surface area contributed by atoms with Crippen molar-refractivity contribution in [2.24, 2.45) is 5.73 Å². The molecule has 3 N–H and O–H groups in total. The first-order valence-electron chi connectivity index (χ1n) is 11.6. The third kappa shape index (κ3) is 4.45. The minimum absolute atomic E-state index is 0.0613. The number of H-pyrrole nitrogens is 1. The molecule has 1 aliphatic carbocycles. The molecule has 0 amide bonds. The number of imidazole rings is 1. The number of hydrogen-bond acceptors (Lipinski definition) is 5. The number of benzene rings is 2. The summed E-state index contributed by atoms with van der Waals surface area (Å²) in [5, 5.41) is 0. The lowest BCUT2D eigenvalue weighted by Crippen LogP contribution is -2.32. The van der Waals surface area contributed by atoms with Gasteiger partial charge in [0.05, 0.1) is 29.3 Å². The Hall–Kier alpha value is -3.35. The molecular weight excluding hydrogens is 410 g/mol. The molecule has 1 aliphatic rings. The molecule has 2 heterocycles. The molecule has 1 atom stereocenters. The Morgan fingerprint density at radius 3 is 2.85 bits per heavy atom. The van der Waals surface area contributed by atoms with Crippen LogP contribution in [0.1, 0.15) is 64.4 Å². The van der Waals surface area contributed by atoms with Crippen LogP contribution in [0, 0.1) is 0 Å². The van der Waals surface area contributed by atoms with E-state index in [1.54, 1.807) is 6.92 Å². The number of aryl methyl sites for hydroxylation is 1. The molecule has 168 valence electrons. The number of nitrogens with zero attached hydrogens (tertiary/aromatic N) is 3. The predicted molar refractivity (Wildman–Crippen MR) is 130 cm³/mol. The minimum Gasteiger partial charge on any atom is -0.341 e. The zero-order valence-corrected chi connectivity index (χ0v) is 18.9. The number of rotatable bonds is 7. The van der Waals surface area contributed by atoms with Gasteiger partial charge in [-0.1, -0.05) is 30.3 Å². The van der Waals surface area contributed by atoms with E-state index in [1.165, 1.54) is 5.56 Å². The maximum absolute atomic E-state index is 12.5. The van der Waals surface area contributed by atoms with Crippen molar-refractivity contribution in [1.82, 2.24) is 19.9 Å². The van der Waals surface area contributed by atoms with Crippen molar-refractivity contribution < 1.29 is 4.79 Å². The second-order valence-corrected chi connectivity index (χ2v) is 8.81. The number of para-hydroxylation sites is 2. The van der Waals surface area contributed by atoms with E-state index in [2.05, 4.69) is 16.0 Å². The molecule has 4 aromatic rings. The minimum atomic E-state index is 0.0613. The smallest absolute Gasteiger partial charge is 0.160 e. The molecule has 6 nitrogen and oxygen atoms in total. The second-order valence-electron chi connectivity index (χ2n) is 8.81. The molecular formula is C27H29N5O. The summed E-state index contributed by atoms with van der Waals surface area (Å²) in [7, 11) is 0. The van der Waals surface area contributed by atoms with E-state index in [9.17, 15) is 4.79 Å². The van der Waals surface area contributed by atoms with Crippen LogP contribution >= 0.6 is 0 Å². The lowest BCUT2D eigenvalue weighted by Gasteiger charge is -2.35. The van der Waals surface area contributed by atoms with Crippen LogP contribution in [0.4, 0.5) is 0 Å². The van der Waals surface area contributed by atoms with Gasteiger partial charge in [0.15, 0.2) is 5.78 Å². The fraction of sp³-hybridized carbons (Fsp3) is 0.296. The number of aromatic amines is 1. The lowest BCUT2D eigenvalue weighted by molar-refractivity contribution is 0.101. The Balaban J connectivity index is 1.54. The van der Waals surface area contributed by atoms with Crippen molar-refractivity contribution >= 4 is 16.8 Å². The van der Waals surface area contributed by atoms with Gasteiger partial charge in [0.2, 0.25) is 0 Å². The molecule has 6 heteroatoms. The maximum Gasteiger partial charge on any atom is 0.160 e. The molecule has 0 radical (unpaired) electrons. The number of ketones is 1. The van der Waals surface area contributed by atoms with E-state index in [1.807, 2.05) is 54.7 Å². The first kappa shape index (κ1) is 21.5. The number of hydrogen-bond donors (Lipinski definition) is 2. The number of pyridine rings is 1. The molecule has 1 unspecified atom stereocenters. The largest absolute Gasteiger partial charge is 0.341 e. The molecule has 2 aromatic carbocycles. The van der Waals surface area contributed by atoms with Crippen LogP contribution in [0.2, 0.25) is 0 Å². The predicted octanol–water partition coefficient (Wildman–Crippen LogP) is 4.70. The van der Waals surface area contributed by atoms with Crippen LogP contribution in [-0.4, -0.2) is 25.6 Å². The summed E-state index contributed by atoms with van der Waals surface area (Å²) in [6, 6.07) is 18.5. The summed E-state index contributed by atoms with van der Waals surface area (Å²) in [6.07, 6.45) is 5.09. The quantitative estimate of drug-likeness (QED) is 0.408. The Morgan fingerprint density at radius 1 is 1.15 bits per heavy atom. The van der Waals surface area contributed by atoms with Gasteiger partial charge < -0.3 is 10.7 Å². The Bertz CT molecular complexity index is 1260. The van der Waals surface area contributed by atoms with Gasteiger partial charge in [0.25, 0.3) is 0 Å². The van der Waals surface area contributed by atoms with Gasteiger partial charge in [-0.2, -0.15) is 0 Å². The van der Waals surface area contributed by atoms with E-state index in [0.29, 0.717) is 19.6 Å². The van der Waals surface area contributed by atoms with E-state index in [0.717, 1.165) is 58.5 Å². The summed E-state index contributed by atoms with van der Waals surface area (Å²) in [4.78, 5) is 28.0. The molecule has 0 saturated carbocycles. The summed E-state index contributed by atoms with van der Waals surface area (Å²) in [5.41, 5.74) is 13.0. The van der Waals surface area contributed by atoms with Gasteiger partial charge >= 0.3 is 0 Å². The number of Topliss-reactive ketones (excluding diaryl/α,β-unsaturated/α-hetero) is 1. The van der Waals surface area contributed by atoms with Gasteiger partial charge in [-0.3, -0.25) is 14.7 Å². The molecule has 0 aliphatic heterocycles. The molecule has 0 saturated heterocycles. The van der Waals surface area contributed by atoms with Crippen LogP contribution in [-0.2, 0) is 26.1 Å². The Labute approximate surface area is 193 Å². The Morgan fingerprint density at radius 2 is 2.03 bits per heavy atom. The fourth-order valence-electron chi connectivity index (χ4n) is 4.92. The van der Waals surface area contributed by atoms with Gasteiger partial charge in [-0.05, 0) is 67.1 Å². The SMILES string of the molecule is CC(=O)c1cc(CN)ccc1CN(Cc1nc2ccccc2[nH]1)C1CCCc2cccnc21. The molecule has 0 fully saturated rings. The number of aromatic nitrogens is 3. The van der Waals surface area contributed by atoms with Crippen LogP contribution in [0.25, 0.3) is 11.0 Å². The third-order valence-corrected chi connectivity index (χ3v) is 6.56. The van der Waals surface area contributed by atoms with Crippen molar-refractivity contribution in [3.8, 4) is 0 Å². The highest BCUT2D eigenvalue weighted by atomic mass is 16.1. The van der Waals surface area contributed by atoms with E-state index >= 15 is 0 Å². The van der Waals surface area contributed by atoms with Gasteiger partial charge in [0.1, 0.15) is 5.82 Å². The van der Waals surface area contributed by atoms with Gasteiger partial charge in [-0.15, -0.1) is 0 Å². The Kier molecular flexibility index (Phi) is 6.03. The number of nitrogens with two attached hydrogens (primary N) is 1. The van der Waals surface area contributed by atoms with E-state index < -0.39 is 0 Å². The van der Waals surface area contributed by atoms with Crippen LogP contribution < -0.4 is 5.73 Å². The number of carbonyl (C=O) groups is 1. The molecule has 0 bridgehead atoms. The van der Waals surface area contributed by atoms with Crippen molar-refractivity contribution in [3.63, 3.8) is 0 Å². The summed E-state index contributed by atoms with van der Waals surface area (Å²) in [5.74, 6) is 0.980. The lowest BCUT2D eigenvalue weighted by atomic mass is 9.90. The third-order valence-electron chi connectivity index (χ3n) is 6.56. The molecule has 33 heavy (non-hydrogen) atoms. The first-order chi connectivity index (χ1) is 16.1. The van der Waals surface area contributed by atoms with Crippen LogP contribution in [0.15, 0.2) is 60.8 Å². The number of fused-ring (bicyclic) bond motifs is 2. The normalized spacial score (nSPS) is 15.7. The maximum atomic E-state index is 12.5. The van der Waals surface area contributed by atoms with Crippen LogP contribution in [0.5, 0.6) is 0 Å². The highest BCUT2D eigenvalue weighted by Crippen LogP contribution is 2.35. The average Bonchev–Trinajstić information content (AvgIpc) is 3.26. The number of carbonyl (C=O) groups excluding carboxylic acids is 1. The standard InChI is InChI=1S/C27H29N5O/c1-18(33)22-14-19(15-28)11-12-21(22)16-32(17-26-30-23-8-2-3-9-24(23)31-26)25-10-4-6-20-7-5-13-29-27(20)25/h2-3,5,7-9,11-14,25H,4,6,10,15-17,28H2,1H3,(H,30,31). The molecule has 5 rings (SSSR count). The van der Waals surface area contributed by atoms with E-state index in [-0.39, 0.29) is 11.8 Å². The second kappa shape index (κ2) is 9.25. The molecule has 2 aromatic heterocycles. The van der Waals surface area contributed by atoms with Crippen LogP contribution in [0.3, 0.4) is 0 Å². The van der Waals surface area contributed by atoms with Crippen molar-refractivity contribution in [2.75, 3.05) is 0 Å². The zero-order valence-electron chi connectivity index (χ0n) is 18.9. The van der Waals surface area contributed by atoms with E-state index in [4.69, 9.17) is 15.7 Å². The topological polar surface area (TPSA) is 87.9 Å². The summed E-state index contributed by atoms with van der Waals surface area (Å²) < 4.78 is 0. The highest BCUT2D eigenvalue weighted by Gasteiger charge is 2.29. The van der Waals surface area contributed by atoms with Crippen molar-refractivity contribution in [2.45, 2.75) is 51.9 Å². The molecule has 0 spiro atoms. The summed E-state index contributed by atoms with van der Waals surface area (Å²) in [6.45, 7) is 3.33. The summed E-state index contributed by atoms with van der Waals surface area (Å²) >= 11 is 0. The monoisotopic (exact) mass is 439 g/mol.